The van der Waals surface area contributed by atoms with Gasteiger partial charge in [-0.2, -0.15) is 0 Å². The van der Waals surface area contributed by atoms with Gasteiger partial charge < -0.3 is 15.2 Å². The number of nitrogens with zero attached hydrogens (tertiary/aromatic N) is 3. The highest BCUT2D eigenvalue weighted by Gasteiger charge is 2.20. The van der Waals surface area contributed by atoms with Crippen LogP contribution in [0.5, 0.6) is 17.2 Å². The van der Waals surface area contributed by atoms with Gasteiger partial charge in [0.05, 0.1) is 11.3 Å². The number of ether oxygens (including phenoxy) is 1. The van der Waals surface area contributed by atoms with E-state index in [4.69, 9.17) is 4.74 Å². The highest BCUT2D eigenvalue weighted by atomic mass is 79.9. The van der Waals surface area contributed by atoms with Gasteiger partial charge in [0.25, 0.3) is 0 Å². The molecular formula is C28H21BrN4O3S. The number of benzene rings is 4. The second kappa shape index (κ2) is 11.3. The molecule has 0 aliphatic heterocycles. The molecule has 0 saturated heterocycles. The van der Waals surface area contributed by atoms with Crippen molar-refractivity contribution < 1.29 is 14.6 Å². The van der Waals surface area contributed by atoms with Gasteiger partial charge in [-0.3, -0.25) is 9.36 Å². The van der Waals surface area contributed by atoms with Gasteiger partial charge in [0.2, 0.25) is 5.91 Å². The highest BCUT2D eigenvalue weighted by molar-refractivity contribution is 9.10. The van der Waals surface area contributed by atoms with Crippen molar-refractivity contribution in [3.63, 3.8) is 0 Å². The number of phenolic OH excluding ortho intramolecular Hbond substituents is 1. The third kappa shape index (κ3) is 6.02. The zero-order valence-electron chi connectivity index (χ0n) is 19.4. The Kier molecular flexibility index (Phi) is 7.53. The number of carbonyl (C=O) groups excluding carboxylic acids is 1. The van der Waals surface area contributed by atoms with E-state index in [1.54, 1.807) is 42.5 Å². The molecule has 7 nitrogen and oxygen atoms in total. The molecule has 0 radical (unpaired) electrons. The average Bonchev–Trinajstić information content (AvgIpc) is 3.35. The highest BCUT2D eigenvalue weighted by Crippen LogP contribution is 2.34. The van der Waals surface area contributed by atoms with Gasteiger partial charge in [0.1, 0.15) is 17.2 Å². The largest absolute Gasteiger partial charge is 0.507 e. The van der Waals surface area contributed by atoms with Crippen LogP contribution in [-0.2, 0) is 4.79 Å². The van der Waals surface area contributed by atoms with Crippen LogP contribution in [0.15, 0.2) is 113 Å². The number of halogens is 1. The third-order valence-corrected chi connectivity index (χ3v) is 6.72. The molecule has 0 aliphatic carbocycles. The van der Waals surface area contributed by atoms with Crippen LogP contribution in [0.3, 0.4) is 0 Å². The summed E-state index contributed by atoms with van der Waals surface area (Å²) in [6.45, 7) is 0. The van der Waals surface area contributed by atoms with E-state index in [1.165, 1.54) is 11.8 Å². The van der Waals surface area contributed by atoms with Crippen molar-refractivity contribution in [2.75, 3.05) is 11.1 Å². The molecule has 0 atom stereocenters. The SMILES string of the molecule is O=C(CSc1nnc(-c2cc(Br)ccc2O)n1-c1ccccc1)Nc1ccc(Oc2ccccc2)cc1. The number of para-hydroxylation sites is 2. The first kappa shape index (κ1) is 24.6. The second-order valence-corrected chi connectivity index (χ2v) is 9.77. The quantitative estimate of drug-likeness (QED) is 0.196. The molecule has 4 aromatic carbocycles. The molecule has 1 heterocycles. The van der Waals surface area contributed by atoms with Crippen LogP contribution in [0.25, 0.3) is 17.1 Å². The molecule has 0 aliphatic rings. The lowest BCUT2D eigenvalue weighted by atomic mass is 10.2. The fourth-order valence-corrected chi connectivity index (χ4v) is 4.71. The normalized spacial score (nSPS) is 10.7. The van der Waals surface area contributed by atoms with E-state index < -0.39 is 0 Å². The van der Waals surface area contributed by atoms with E-state index >= 15 is 0 Å². The summed E-state index contributed by atoms with van der Waals surface area (Å²) in [5.41, 5.74) is 2.01. The first-order valence-corrected chi connectivity index (χ1v) is 13.1. The predicted molar refractivity (Wildman–Crippen MR) is 148 cm³/mol. The number of hydrogen-bond donors (Lipinski definition) is 2. The van der Waals surface area contributed by atoms with Gasteiger partial charge in [0, 0.05) is 15.8 Å². The number of aromatic hydroxyl groups is 1. The fraction of sp³-hybridized carbons (Fsp3) is 0.0357. The van der Waals surface area contributed by atoms with E-state index in [1.807, 2.05) is 65.2 Å². The molecule has 0 fully saturated rings. The second-order valence-electron chi connectivity index (χ2n) is 7.91. The molecule has 5 rings (SSSR count). The number of thioether (sulfide) groups is 1. The number of carbonyl (C=O) groups is 1. The monoisotopic (exact) mass is 572 g/mol. The summed E-state index contributed by atoms with van der Waals surface area (Å²) in [4.78, 5) is 12.7. The summed E-state index contributed by atoms with van der Waals surface area (Å²) in [6.07, 6.45) is 0. The van der Waals surface area contributed by atoms with E-state index in [2.05, 4.69) is 31.4 Å². The lowest BCUT2D eigenvalue weighted by molar-refractivity contribution is -0.113. The molecule has 0 spiro atoms. The van der Waals surface area contributed by atoms with Crippen LogP contribution in [0.1, 0.15) is 0 Å². The number of aromatic nitrogens is 3. The maximum absolute atomic E-state index is 12.7. The summed E-state index contributed by atoms with van der Waals surface area (Å²) >= 11 is 4.71. The Balaban J connectivity index is 1.30. The maximum atomic E-state index is 12.7. The number of phenols is 1. The van der Waals surface area contributed by atoms with Crippen LogP contribution in [0.2, 0.25) is 0 Å². The fourth-order valence-electron chi connectivity index (χ4n) is 3.59. The zero-order valence-corrected chi connectivity index (χ0v) is 21.8. The smallest absolute Gasteiger partial charge is 0.234 e. The molecule has 0 bridgehead atoms. The van der Waals surface area contributed by atoms with Gasteiger partial charge in [-0.25, -0.2) is 0 Å². The number of nitrogens with one attached hydrogen (secondary N) is 1. The summed E-state index contributed by atoms with van der Waals surface area (Å²) in [7, 11) is 0. The first-order chi connectivity index (χ1) is 18.1. The Morgan fingerprint density at radius 2 is 1.57 bits per heavy atom. The number of hydrogen-bond acceptors (Lipinski definition) is 6. The molecule has 184 valence electrons. The lowest BCUT2D eigenvalue weighted by Crippen LogP contribution is -2.14. The standard InChI is InChI=1S/C28H21BrN4O3S/c29-19-11-16-25(34)24(17-19)27-31-32-28(33(27)21-7-3-1-4-8-21)37-18-26(35)30-20-12-14-23(15-13-20)36-22-9-5-2-6-10-22/h1-17,34H,18H2,(H,30,35). The van der Waals surface area contributed by atoms with Crippen LogP contribution in [0, 0.1) is 0 Å². The van der Waals surface area contributed by atoms with Gasteiger partial charge in [-0.05, 0) is 66.7 Å². The summed E-state index contributed by atoms with van der Waals surface area (Å²) in [6, 6.07) is 31.4. The number of amides is 1. The lowest BCUT2D eigenvalue weighted by Gasteiger charge is -2.11. The first-order valence-electron chi connectivity index (χ1n) is 11.3. The van der Waals surface area contributed by atoms with Gasteiger partial charge in [0.15, 0.2) is 11.0 Å². The van der Waals surface area contributed by atoms with Crippen LogP contribution in [-0.4, -0.2) is 31.5 Å². The number of anilines is 1. The van der Waals surface area contributed by atoms with Crippen molar-refractivity contribution in [3.8, 4) is 34.3 Å². The Hall–Kier alpha value is -4.08. The average molecular weight is 573 g/mol. The molecule has 9 heteroatoms. The Bertz CT molecular complexity index is 1510. The van der Waals surface area contributed by atoms with Gasteiger partial charge >= 0.3 is 0 Å². The van der Waals surface area contributed by atoms with Crippen LogP contribution < -0.4 is 10.1 Å². The molecule has 0 unspecified atom stereocenters. The Morgan fingerprint density at radius 3 is 2.30 bits per heavy atom. The summed E-state index contributed by atoms with van der Waals surface area (Å²) < 4.78 is 8.43. The summed E-state index contributed by atoms with van der Waals surface area (Å²) in [5, 5.41) is 22.6. The van der Waals surface area contributed by atoms with Gasteiger partial charge in [-0.1, -0.05) is 64.1 Å². The van der Waals surface area contributed by atoms with Crippen molar-refractivity contribution >= 4 is 39.3 Å². The Morgan fingerprint density at radius 1 is 0.892 bits per heavy atom. The predicted octanol–water partition coefficient (Wildman–Crippen LogP) is 6.93. The minimum absolute atomic E-state index is 0.0850. The molecular weight excluding hydrogens is 552 g/mol. The Labute approximate surface area is 226 Å². The minimum Gasteiger partial charge on any atom is -0.507 e. The third-order valence-electron chi connectivity index (χ3n) is 5.30. The van der Waals surface area contributed by atoms with Crippen LogP contribution >= 0.6 is 27.7 Å². The van der Waals surface area contributed by atoms with E-state index in [0.29, 0.717) is 28.0 Å². The van der Waals surface area contributed by atoms with Crippen molar-refractivity contribution in [1.82, 2.24) is 14.8 Å². The zero-order chi connectivity index (χ0) is 25.6. The maximum Gasteiger partial charge on any atom is 0.234 e. The number of rotatable bonds is 8. The van der Waals surface area contributed by atoms with Crippen molar-refractivity contribution in [2.24, 2.45) is 0 Å². The molecule has 1 amide bonds. The minimum atomic E-state index is -0.184. The topological polar surface area (TPSA) is 89.3 Å². The van der Waals surface area contributed by atoms with Gasteiger partial charge in [-0.15, -0.1) is 10.2 Å². The van der Waals surface area contributed by atoms with E-state index in [0.717, 1.165) is 15.9 Å². The van der Waals surface area contributed by atoms with E-state index in [-0.39, 0.29) is 17.4 Å². The van der Waals surface area contributed by atoms with Crippen molar-refractivity contribution in [3.05, 3.63) is 108 Å². The molecule has 2 N–H and O–H groups in total. The molecule has 5 aromatic rings. The van der Waals surface area contributed by atoms with Crippen LogP contribution in [0.4, 0.5) is 5.69 Å². The molecule has 0 saturated carbocycles. The van der Waals surface area contributed by atoms with Crippen molar-refractivity contribution in [1.29, 1.82) is 0 Å². The van der Waals surface area contributed by atoms with E-state index in [9.17, 15) is 9.90 Å². The van der Waals surface area contributed by atoms with Crippen molar-refractivity contribution in [2.45, 2.75) is 5.16 Å². The summed E-state index contributed by atoms with van der Waals surface area (Å²) in [5.74, 6) is 1.92. The molecule has 37 heavy (non-hydrogen) atoms. The molecule has 1 aromatic heterocycles.